The first-order chi connectivity index (χ1) is 7.08. The van der Waals surface area contributed by atoms with Gasteiger partial charge < -0.3 is 10.4 Å². The lowest BCUT2D eigenvalue weighted by Crippen LogP contribution is -2.33. The first-order valence-electron chi connectivity index (χ1n) is 5.24. The van der Waals surface area contributed by atoms with Crippen LogP contribution in [0.4, 0.5) is 0 Å². The summed E-state index contributed by atoms with van der Waals surface area (Å²) in [6.45, 7) is 4.52. The van der Waals surface area contributed by atoms with Gasteiger partial charge in [-0.1, -0.05) is 23.7 Å². The van der Waals surface area contributed by atoms with Crippen LogP contribution in [0.2, 0.25) is 5.02 Å². The van der Waals surface area contributed by atoms with E-state index < -0.39 is 0 Å². The summed E-state index contributed by atoms with van der Waals surface area (Å²) >= 11 is 5.80. The van der Waals surface area contributed by atoms with Crippen LogP contribution in [0.1, 0.15) is 19.4 Å². The standard InChI is InChI=1S/C12H18ClNO/c1-9(14-8-10(2)15)7-11-3-5-12(13)6-4-11/h3-6,9-10,14-15H,7-8H2,1-2H3/t9-,10+/m1/s1. The Morgan fingerprint density at radius 1 is 1.27 bits per heavy atom. The highest BCUT2D eigenvalue weighted by atomic mass is 35.5. The second-order valence-electron chi connectivity index (χ2n) is 3.99. The van der Waals surface area contributed by atoms with E-state index in [1.54, 1.807) is 6.92 Å². The fourth-order valence-corrected chi connectivity index (χ4v) is 1.54. The Balaban J connectivity index is 2.37. The van der Waals surface area contributed by atoms with Gasteiger partial charge in [-0.3, -0.25) is 0 Å². The molecule has 0 fully saturated rings. The molecule has 0 aliphatic carbocycles. The SMILES string of the molecule is C[C@H](O)CN[C@H](C)Cc1ccc(Cl)cc1. The van der Waals surface area contributed by atoms with E-state index in [0.29, 0.717) is 12.6 Å². The van der Waals surface area contributed by atoms with E-state index in [9.17, 15) is 0 Å². The molecule has 1 rings (SSSR count). The van der Waals surface area contributed by atoms with E-state index in [4.69, 9.17) is 16.7 Å². The molecule has 15 heavy (non-hydrogen) atoms. The molecule has 0 bridgehead atoms. The van der Waals surface area contributed by atoms with Crippen LogP contribution in [0, 0.1) is 0 Å². The normalized spacial score (nSPS) is 14.9. The molecule has 1 aromatic rings. The molecule has 0 unspecified atom stereocenters. The lowest BCUT2D eigenvalue weighted by atomic mass is 10.1. The van der Waals surface area contributed by atoms with Crippen molar-refractivity contribution in [3.63, 3.8) is 0 Å². The van der Waals surface area contributed by atoms with Gasteiger partial charge in [0.2, 0.25) is 0 Å². The number of nitrogens with one attached hydrogen (secondary N) is 1. The number of rotatable bonds is 5. The van der Waals surface area contributed by atoms with Gasteiger partial charge in [-0.15, -0.1) is 0 Å². The highest BCUT2D eigenvalue weighted by molar-refractivity contribution is 6.30. The van der Waals surface area contributed by atoms with E-state index in [2.05, 4.69) is 12.2 Å². The van der Waals surface area contributed by atoms with Crippen LogP contribution >= 0.6 is 11.6 Å². The Morgan fingerprint density at radius 3 is 2.40 bits per heavy atom. The lowest BCUT2D eigenvalue weighted by Gasteiger charge is -2.15. The van der Waals surface area contributed by atoms with Crippen molar-refractivity contribution in [2.75, 3.05) is 6.54 Å². The smallest absolute Gasteiger partial charge is 0.0636 e. The van der Waals surface area contributed by atoms with Gasteiger partial charge in [0.05, 0.1) is 6.10 Å². The van der Waals surface area contributed by atoms with E-state index >= 15 is 0 Å². The molecule has 0 heterocycles. The Labute approximate surface area is 96.3 Å². The lowest BCUT2D eigenvalue weighted by molar-refractivity contribution is 0.187. The van der Waals surface area contributed by atoms with Crippen molar-refractivity contribution < 1.29 is 5.11 Å². The highest BCUT2D eigenvalue weighted by Gasteiger charge is 2.04. The minimum atomic E-state index is -0.294. The van der Waals surface area contributed by atoms with Crippen molar-refractivity contribution in [3.05, 3.63) is 34.9 Å². The third-order valence-corrected chi connectivity index (χ3v) is 2.47. The number of benzene rings is 1. The second-order valence-corrected chi connectivity index (χ2v) is 4.43. The van der Waals surface area contributed by atoms with Crippen LogP contribution in [-0.2, 0) is 6.42 Å². The van der Waals surface area contributed by atoms with Crippen LogP contribution in [0.15, 0.2) is 24.3 Å². The minimum absolute atomic E-state index is 0.294. The molecule has 0 aliphatic rings. The number of aliphatic hydroxyl groups is 1. The molecule has 0 saturated carbocycles. The maximum absolute atomic E-state index is 9.12. The molecule has 0 radical (unpaired) electrons. The van der Waals surface area contributed by atoms with Gasteiger partial charge in [0, 0.05) is 17.6 Å². The van der Waals surface area contributed by atoms with Crippen LogP contribution in [0.5, 0.6) is 0 Å². The molecule has 2 atom stereocenters. The zero-order chi connectivity index (χ0) is 11.3. The number of hydrogen-bond donors (Lipinski definition) is 2. The molecule has 0 saturated heterocycles. The molecule has 2 nitrogen and oxygen atoms in total. The molecule has 1 aromatic carbocycles. The van der Waals surface area contributed by atoms with E-state index in [1.807, 2.05) is 24.3 Å². The van der Waals surface area contributed by atoms with Crippen molar-refractivity contribution in [3.8, 4) is 0 Å². The Bertz CT molecular complexity index is 284. The molecule has 0 spiro atoms. The highest BCUT2D eigenvalue weighted by Crippen LogP contribution is 2.10. The zero-order valence-corrected chi connectivity index (χ0v) is 9.96. The fraction of sp³-hybridized carbons (Fsp3) is 0.500. The van der Waals surface area contributed by atoms with Gasteiger partial charge in [0.1, 0.15) is 0 Å². The molecule has 3 heteroatoms. The topological polar surface area (TPSA) is 32.3 Å². The molecule has 0 amide bonds. The third kappa shape index (κ3) is 5.17. The average molecular weight is 228 g/mol. The molecular formula is C12H18ClNO. The first-order valence-corrected chi connectivity index (χ1v) is 5.61. The number of halogens is 1. The maximum Gasteiger partial charge on any atom is 0.0636 e. The predicted octanol–water partition coefficient (Wildman–Crippen LogP) is 2.24. The molecule has 2 N–H and O–H groups in total. The summed E-state index contributed by atoms with van der Waals surface area (Å²) in [6, 6.07) is 8.23. The van der Waals surface area contributed by atoms with Crippen molar-refractivity contribution in [2.24, 2.45) is 0 Å². The summed E-state index contributed by atoms with van der Waals surface area (Å²) in [4.78, 5) is 0. The van der Waals surface area contributed by atoms with Crippen LogP contribution in [-0.4, -0.2) is 23.8 Å². The van der Waals surface area contributed by atoms with E-state index in [-0.39, 0.29) is 6.10 Å². The maximum atomic E-state index is 9.12. The van der Waals surface area contributed by atoms with Gasteiger partial charge in [-0.25, -0.2) is 0 Å². The average Bonchev–Trinajstić information content (AvgIpc) is 2.19. The van der Waals surface area contributed by atoms with Crippen molar-refractivity contribution in [1.29, 1.82) is 0 Å². The molecule has 0 aliphatic heterocycles. The van der Waals surface area contributed by atoms with Crippen molar-refractivity contribution >= 4 is 11.6 Å². The Morgan fingerprint density at radius 2 is 1.87 bits per heavy atom. The van der Waals surface area contributed by atoms with Gasteiger partial charge in [0.25, 0.3) is 0 Å². The Kier molecular flexibility index (Phi) is 5.09. The summed E-state index contributed by atoms with van der Waals surface area (Å²) in [5.41, 5.74) is 1.25. The summed E-state index contributed by atoms with van der Waals surface area (Å²) in [5.74, 6) is 0. The Hall–Kier alpha value is -0.570. The molecule has 0 aromatic heterocycles. The molecule has 84 valence electrons. The van der Waals surface area contributed by atoms with Crippen molar-refractivity contribution in [1.82, 2.24) is 5.32 Å². The predicted molar refractivity (Wildman–Crippen MR) is 64.3 cm³/mol. The quantitative estimate of drug-likeness (QED) is 0.809. The van der Waals surface area contributed by atoms with Crippen LogP contribution < -0.4 is 5.32 Å². The van der Waals surface area contributed by atoms with E-state index in [0.717, 1.165) is 11.4 Å². The third-order valence-electron chi connectivity index (χ3n) is 2.22. The summed E-state index contributed by atoms with van der Waals surface area (Å²) < 4.78 is 0. The molecular weight excluding hydrogens is 210 g/mol. The van der Waals surface area contributed by atoms with E-state index in [1.165, 1.54) is 5.56 Å². The second kappa shape index (κ2) is 6.11. The van der Waals surface area contributed by atoms with Gasteiger partial charge >= 0.3 is 0 Å². The van der Waals surface area contributed by atoms with Gasteiger partial charge in [-0.2, -0.15) is 0 Å². The monoisotopic (exact) mass is 227 g/mol. The van der Waals surface area contributed by atoms with Gasteiger partial charge in [-0.05, 0) is 38.0 Å². The largest absolute Gasteiger partial charge is 0.392 e. The summed E-state index contributed by atoms with van der Waals surface area (Å²) in [5, 5.41) is 13.2. The minimum Gasteiger partial charge on any atom is -0.392 e. The fourth-order valence-electron chi connectivity index (χ4n) is 1.42. The van der Waals surface area contributed by atoms with Gasteiger partial charge in [0.15, 0.2) is 0 Å². The first kappa shape index (κ1) is 12.5. The summed E-state index contributed by atoms with van der Waals surface area (Å²) in [7, 11) is 0. The van der Waals surface area contributed by atoms with Crippen molar-refractivity contribution in [2.45, 2.75) is 32.4 Å². The van der Waals surface area contributed by atoms with Crippen LogP contribution in [0.25, 0.3) is 0 Å². The zero-order valence-electron chi connectivity index (χ0n) is 9.20. The summed E-state index contributed by atoms with van der Waals surface area (Å²) in [6.07, 6.45) is 0.654. The number of hydrogen-bond acceptors (Lipinski definition) is 2. The number of aliphatic hydroxyl groups excluding tert-OH is 1. The van der Waals surface area contributed by atoms with Crippen LogP contribution in [0.3, 0.4) is 0 Å².